The zero-order chi connectivity index (χ0) is 12.5. The highest BCUT2D eigenvalue weighted by molar-refractivity contribution is 5.10. The fraction of sp³-hybridized carbons (Fsp3) is 0.786. The average Bonchev–Trinajstić information content (AvgIpc) is 2.97. The van der Waals surface area contributed by atoms with E-state index in [9.17, 15) is 5.11 Å². The molecule has 4 nitrogen and oxygen atoms in total. The van der Waals surface area contributed by atoms with E-state index in [4.69, 9.17) is 0 Å². The number of imidazole rings is 1. The Balaban J connectivity index is 1.68. The fourth-order valence-corrected chi connectivity index (χ4v) is 3.28. The van der Waals surface area contributed by atoms with E-state index >= 15 is 0 Å². The summed E-state index contributed by atoms with van der Waals surface area (Å²) in [6, 6.07) is 0. The van der Waals surface area contributed by atoms with Gasteiger partial charge in [-0.15, -0.1) is 0 Å². The van der Waals surface area contributed by atoms with Gasteiger partial charge in [-0.25, -0.2) is 4.98 Å². The molecule has 0 saturated carbocycles. The van der Waals surface area contributed by atoms with Gasteiger partial charge in [0, 0.05) is 24.9 Å². The van der Waals surface area contributed by atoms with Crippen LogP contribution >= 0.6 is 0 Å². The van der Waals surface area contributed by atoms with Gasteiger partial charge in [-0.1, -0.05) is 6.92 Å². The molecule has 1 saturated heterocycles. The van der Waals surface area contributed by atoms with Crippen molar-refractivity contribution < 1.29 is 5.11 Å². The standard InChI is InChI=1S/C14H23N3O/c1-2-16-6-5-11(9-16)7-14-15-8-12-3-4-13(18)10-17(12)14/h8,11,13,18H,2-7,9-10H2,1H3. The van der Waals surface area contributed by atoms with Crippen molar-refractivity contribution in [1.29, 1.82) is 0 Å². The molecular formula is C14H23N3O. The molecule has 0 aliphatic carbocycles. The van der Waals surface area contributed by atoms with Crippen LogP contribution in [0, 0.1) is 5.92 Å². The predicted molar refractivity (Wildman–Crippen MR) is 70.5 cm³/mol. The number of aromatic nitrogens is 2. The lowest BCUT2D eigenvalue weighted by Gasteiger charge is -2.22. The van der Waals surface area contributed by atoms with Crippen molar-refractivity contribution in [3.63, 3.8) is 0 Å². The van der Waals surface area contributed by atoms with Crippen LogP contribution in [-0.4, -0.2) is 45.3 Å². The van der Waals surface area contributed by atoms with E-state index in [2.05, 4.69) is 21.4 Å². The zero-order valence-corrected chi connectivity index (χ0v) is 11.2. The molecule has 2 aliphatic rings. The van der Waals surface area contributed by atoms with Crippen molar-refractivity contribution in [1.82, 2.24) is 14.5 Å². The highest BCUT2D eigenvalue weighted by Gasteiger charge is 2.25. The van der Waals surface area contributed by atoms with Crippen molar-refractivity contribution in [2.24, 2.45) is 5.92 Å². The van der Waals surface area contributed by atoms with Crippen molar-refractivity contribution in [2.45, 2.75) is 45.3 Å². The first-order valence-corrected chi connectivity index (χ1v) is 7.20. The SMILES string of the molecule is CCN1CCC(Cc2ncc3n2CC(O)CC3)C1. The third-order valence-corrected chi connectivity index (χ3v) is 4.44. The highest BCUT2D eigenvalue weighted by atomic mass is 16.3. The molecule has 0 aromatic carbocycles. The molecular weight excluding hydrogens is 226 g/mol. The Morgan fingerprint density at radius 2 is 2.28 bits per heavy atom. The lowest BCUT2D eigenvalue weighted by molar-refractivity contribution is 0.129. The molecule has 2 unspecified atom stereocenters. The second kappa shape index (κ2) is 5.02. The van der Waals surface area contributed by atoms with Gasteiger partial charge in [0.25, 0.3) is 0 Å². The van der Waals surface area contributed by atoms with E-state index in [0.29, 0.717) is 0 Å². The van der Waals surface area contributed by atoms with Gasteiger partial charge in [0.15, 0.2) is 0 Å². The number of fused-ring (bicyclic) bond motifs is 1. The first kappa shape index (κ1) is 12.2. The van der Waals surface area contributed by atoms with E-state index in [0.717, 1.165) is 38.3 Å². The molecule has 1 fully saturated rings. The summed E-state index contributed by atoms with van der Waals surface area (Å²) in [4.78, 5) is 7.09. The maximum Gasteiger partial charge on any atom is 0.109 e. The second-order valence-corrected chi connectivity index (χ2v) is 5.72. The summed E-state index contributed by atoms with van der Waals surface area (Å²) in [5.41, 5.74) is 1.31. The van der Waals surface area contributed by atoms with Gasteiger partial charge in [0.05, 0.1) is 12.6 Å². The molecule has 3 heterocycles. The van der Waals surface area contributed by atoms with Gasteiger partial charge in [0.1, 0.15) is 5.82 Å². The quantitative estimate of drug-likeness (QED) is 0.871. The van der Waals surface area contributed by atoms with Crippen LogP contribution < -0.4 is 0 Å². The summed E-state index contributed by atoms with van der Waals surface area (Å²) in [5.74, 6) is 1.93. The van der Waals surface area contributed by atoms with Crippen LogP contribution in [0.3, 0.4) is 0 Å². The molecule has 0 amide bonds. The summed E-state index contributed by atoms with van der Waals surface area (Å²) in [5, 5.41) is 9.78. The van der Waals surface area contributed by atoms with Gasteiger partial charge in [-0.2, -0.15) is 0 Å². The van der Waals surface area contributed by atoms with Gasteiger partial charge < -0.3 is 14.6 Å². The third-order valence-electron chi connectivity index (χ3n) is 4.44. The van der Waals surface area contributed by atoms with E-state index < -0.39 is 0 Å². The maximum absolute atomic E-state index is 9.78. The Bertz CT molecular complexity index is 415. The summed E-state index contributed by atoms with van der Waals surface area (Å²) in [6.45, 7) is 6.58. The van der Waals surface area contributed by atoms with E-state index in [1.54, 1.807) is 0 Å². The summed E-state index contributed by atoms with van der Waals surface area (Å²) in [7, 11) is 0. The minimum atomic E-state index is -0.179. The summed E-state index contributed by atoms with van der Waals surface area (Å²) < 4.78 is 2.25. The molecule has 3 rings (SSSR count). The molecule has 2 atom stereocenters. The molecule has 0 bridgehead atoms. The normalized spacial score (nSPS) is 28.6. The highest BCUT2D eigenvalue weighted by Crippen LogP contribution is 2.23. The van der Waals surface area contributed by atoms with E-state index in [1.807, 2.05) is 6.20 Å². The molecule has 100 valence electrons. The zero-order valence-electron chi connectivity index (χ0n) is 11.2. The van der Waals surface area contributed by atoms with Crippen molar-refractivity contribution in [3.05, 3.63) is 17.7 Å². The average molecular weight is 249 g/mol. The number of hydrogen-bond acceptors (Lipinski definition) is 3. The topological polar surface area (TPSA) is 41.3 Å². The minimum absolute atomic E-state index is 0.179. The Morgan fingerprint density at radius 1 is 1.39 bits per heavy atom. The molecule has 4 heteroatoms. The van der Waals surface area contributed by atoms with Crippen LogP contribution in [0.25, 0.3) is 0 Å². The summed E-state index contributed by atoms with van der Waals surface area (Å²) in [6.07, 6.45) is 6.05. The van der Waals surface area contributed by atoms with Gasteiger partial charge >= 0.3 is 0 Å². The Kier molecular flexibility index (Phi) is 3.39. The fourth-order valence-electron chi connectivity index (χ4n) is 3.28. The number of likely N-dealkylation sites (tertiary alicyclic amines) is 1. The maximum atomic E-state index is 9.78. The van der Waals surface area contributed by atoms with Gasteiger partial charge in [-0.05, 0) is 38.3 Å². The molecule has 18 heavy (non-hydrogen) atoms. The summed E-state index contributed by atoms with van der Waals surface area (Å²) >= 11 is 0. The van der Waals surface area contributed by atoms with Crippen LogP contribution in [0.4, 0.5) is 0 Å². The Hall–Kier alpha value is -0.870. The van der Waals surface area contributed by atoms with Crippen LogP contribution in [0.5, 0.6) is 0 Å². The second-order valence-electron chi connectivity index (χ2n) is 5.72. The lowest BCUT2D eigenvalue weighted by atomic mass is 10.0. The molecule has 1 N–H and O–H groups in total. The van der Waals surface area contributed by atoms with Crippen LogP contribution in [0.15, 0.2) is 6.20 Å². The molecule has 1 aromatic rings. The van der Waals surface area contributed by atoms with Crippen molar-refractivity contribution in [3.8, 4) is 0 Å². The Morgan fingerprint density at radius 3 is 3.06 bits per heavy atom. The van der Waals surface area contributed by atoms with Crippen molar-refractivity contribution in [2.75, 3.05) is 19.6 Å². The first-order valence-electron chi connectivity index (χ1n) is 7.20. The number of aryl methyl sites for hydroxylation is 1. The molecule has 0 radical (unpaired) electrons. The number of rotatable bonds is 3. The molecule has 2 aliphatic heterocycles. The monoisotopic (exact) mass is 249 g/mol. The van der Waals surface area contributed by atoms with E-state index in [1.165, 1.54) is 31.0 Å². The van der Waals surface area contributed by atoms with Gasteiger partial charge in [-0.3, -0.25) is 0 Å². The lowest BCUT2D eigenvalue weighted by Crippen LogP contribution is -2.26. The van der Waals surface area contributed by atoms with Crippen LogP contribution in [-0.2, 0) is 19.4 Å². The number of aliphatic hydroxyl groups is 1. The number of nitrogens with zero attached hydrogens (tertiary/aromatic N) is 3. The molecule has 1 aromatic heterocycles. The number of aliphatic hydroxyl groups excluding tert-OH is 1. The largest absolute Gasteiger partial charge is 0.391 e. The number of hydrogen-bond donors (Lipinski definition) is 1. The predicted octanol–water partition coefficient (Wildman–Crippen LogP) is 1.07. The van der Waals surface area contributed by atoms with Crippen LogP contribution in [0.1, 0.15) is 31.3 Å². The van der Waals surface area contributed by atoms with Crippen LogP contribution in [0.2, 0.25) is 0 Å². The van der Waals surface area contributed by atoms with Crippen molar-refractivity contribution >= 4 is 0 Å². The third kappa shape index (κ3) is 2.31. The molecule has 0 spiro atoms. The smallest absolute Gasteiger partial charge is 0.109 e. The first-order chi connectivity index (χ1) is 8.76. The van der Waals surface area contributed by atoms with Gasteiger partial charge in [0.2, 0.25) is 0 Å². The Labute approximate surface area is 109 Å². The minimum Gasteiger partial charge on any atom is -0.391 e. The van der Waals surface area contributed by atoms with E-state index in [-0.39, 0.29) is 6.10 Å².